The maximum absolute atomic E-state index is 13.2. The van der Waals surface area contributed by atoms with Crippen LogP contribution in [0.4, 0.5) is 11.4 Å². The number of anilines is 1. The van der Waals surface area contributed by atoms with Crippen LogP contribution in [0.1, 0.15) is 21.5 Å². The van der Waals surface area contributed by atoms with Gasteiger partial charge in [0, 0.05) is 41.2 Å². The van der Waals surface area contributed by atoms with E-state index >= 15 is 0 Å². The number of nitrogens with one attached hydrogen (secondary N) is 1. The summed E-state index contributed by atoms with van der Waals surface area (Å²) in [6.07, 6.45) is 3.36. The van der Waals surface area contributed by atoms with Crippen molar-refractivity contribution in [2.24, 2.45) is 0 Å². The molecule has 0 saturated carbocycles. The molecule has 7 nitrogen and oxygen atoms in total. The maximum atomic E-state index is 13.2. The summed E-state index contributed by atoms with van der Waals surface area (Å²) in [6, 6.07) is 15.2. The first-order valence-corrected chi connectivity index (χ1v) is 9.30. The van der Waals surface area contributed by atoms with E-state index in [0.29, 0.717) is 16.9 Å². The van der Waals surface area contributed by atoms with Crippen molar-refractivity contribution >= 4 is 28.2 Å². The van der Waals surface area contributed by atoms with Crippen LogP contribution in [0.15, 0.2) is 67.0 Å². The second-order valence-electron chi connectivity index (χ2n) is 7.03. The van der Waals surface area contributed by atoms with Gasteiger partial charge in [-0.25, -0.2) is 4.98 Å². The van der Waals surface area contributed by atoms with Crippen LogP contribution in [-0.2, 0) is 0 Å². The summed E-state index contributed by atoms with van der Waals surface area (Å²) < 4.78 is 0. The van der Waals surface area contributed by atoms with Gasteiger partial charge in [0.1, 0.15) is 0 Å². The second-order valence-corrected chi connectivity index (χ2v) is 7.03. The van der Waals surface area contributed by atoms with Crippen molar-refractivity contribution in [1.29, 1.82) is 0 Å². The average Bonchev–Trinajstić information content (AvgIpc) is 2.74. The van der Waals surface area contributed by atoms with E-state index in [9.17, 15) is 14.9 Å². The lowest BCUT2D eigenvalue weighted by Crippen LogP contribution is -2.13. The molecule has 2 heterocycles. The van der Waals surface area contributed by atoms with Gasteiger partial charge in [0.25, 0.3) is 11.6 Å². The molecule has 0 aliphatic rings. The highest BCUT2D eigenvalue weighted by molar-refractivity contribution is 6.13. The van der Waals surface area contributed by atoms with Crippen LogP contribution in [0.3, 0.4) is 0 Å². The van der Waals surface area contributed by atoms with Gasteiger partial charge in [-0.3, -0.25) is 19.9 Å². The van der Waals surface area contributed by atoms with Gasteiger partial charge in [-0.15, -0.1) is 0 Å². The lowest BCUT2D eigenvalue weighted by Gasteiger charge is -2.13. The number of benzene rings is 2. The summed E-state index contributed by atoms with van der Waals surface area (Å²) >= 11 is 0. The number of carbonyl (C=O) groups is 1. The fourth-order valence-electron chi connectivity index (χ4n) is 3.40. The minimum Gasteiger partial charge on any atom is -0.322 e. The third kappa shape index (κ3) is 3.73. The van der Waals surface area contributed by atoms with Crippen molar-refractivity contribution < 1.29 is 9.72 Å². The molecular weight excluding hydrogens is 380 g/mol. The Morgan fingerprint density at radius 2 is 1.70 bits per heavy atom. The van der Waals surface area contributed by atoms with Crippen molar-refractivity contribution in [3.05, 3.63) is 93.8 Å². The van der Waals surface area contributed by atoms with E-state index < -0.39 is 4.92 Å². The van der Waals surface area contributed by atoms with Crippen molar-refractivity contribution in [2.45, 2.75) is 13.8 Å². The van der Waals surface area contributed by atoms with Gasteiger partial charge >= 0.3 is 0 Å². The number of carbonyl (C=O) groups excluding carboxylic acids is 1. The predicted molar refractivity (Wildman–Crippen MR) is 115 cm³/mol. The number of pyridine rings is 2. The minimum absolute atomic E-state index is 0.0337. The minimum atomic E-state index is -0.478. The van der Waals surface area contributed by atoms with Crippen molar-refractivity contribution in [3.63, 3.8) is 0 Å². The van der Waals surface area contributed by atoms with Crippen LogP contribution in [0.5, 0.6) is 0 Å². The fourth-order valence-corrected chi connectivity index (χ4v) is 3.40. The van der Waals surface area contributed by atoms with Crippen molar-refractivity contribution in [1.82, 2.24) is 9.97 Å². The van der Waals surface area contributed by atoms with Crippen LogP contribution in [0.25, 0.3) is 22.2 Å². The van der Waals surface area contributed by atoms with E-state index in [1.54, 1.807) is 18.5 Å². The van der Waals surface area contributed by atoms with Gasteiger partial charge in [0.15, 0.2) is 0 Å². The summed E-state index contributed by atoms with van der Waals surface area (Å²) in [5.41, 5.74) is 5.22. The quantitative estimate of drug-likeness (QED) is 0.382. The largest absolute Gasteiger partial charge is 0.322 e. The molecule has 0 atom stereocenters. The molecule has 0 spiro atoms. The van der Waals surface area contributed by atoms with Gasteiger partial charge in [-0.05, 0) is 55.8 Å². The number of aryl methyl sites for hydroxylation is 2. The molecule has 30 heavy (non-hydrogen) atoms. The Kier molecular flexibility index (Phi) is 4.93. The average molecular weight is 398 g/mol. The number of nitro benzene ring substituents is 1. The molecule has 0 aliphatic heterocycles. The zero-order valence-electron chi connectivity index (χ0n) is 16.4. The summed E-state index contributed by atoms with van der Waals surface area (Å²) in [7, 11) is 0. The third-order valence-corrected chi connectivity index (χ3v) is 4.81. The lowest BCUT2D eigenvalue weighted by molar-refractivity contribution is -0.384. The van der Waals surface area contributed by atoms with Crippen LogP contribution in [-0.4, -0.2) is 20.8 Å². The molecule has 2 aromatic heterocycles. The Labute approximate surface area is 172 Å². The summed E-state index contributed by atoms with van der Waals surface area (Å²) in [5.74, 6) is -0.309. The van der Waals surface area contributed by atoms with Crippen LogP contribution < -0.4 is 5.32 Å². The Hall–Kier alpha value is -4.13. The number of non-ortho nitro benzene ring substituents is 1. The first kappa shape index (κ1) is 19.2. The van der Waals surface area contributed by atoms with Gasteiger partial charge in [0.05, 0.1) is 21.7 Å². The molecule has 0 fully saturated rings. The number of amides is 1. The van der Waals surface area contributed by atoms with E-state index in [0.717, 1.165) is 27.6 Å². The van der Waals surface area contributed by atoms with E-state index in [4.69, 9.17) is 4.98 Å². The maximum Gasteiger partial charge on any atom is 0.269 e. The first-order chi connectivity index (χ1) is 14.4. The van der Waals surface area contributed by atoms with Crippen LogP contribution >= 0.6 is 0 Å². The van der Waals surface area contributed by atoms with Gasteiger partial charge < -0.3 is 5.32 Å². The van der Waals surface area contributed by atoms with E-state index in [2.05, 4.69) is 10.3 Å². The van der Waals surface area contributed by atoms with E-state index in [-0.39, 0.29) is 11.6 Å². The van der Waals surface area contributed by atoms with Gasteiger partial charge in [-0.2, -0.15) is 0 Å². The van der Waals surface area contributed by atoms with Gasteiger partial charge in [-0.1, -0.05) is 11.6 Å². The number of nitrogens with zero attached hydrogens (tertiary/aromatic N) is 3. The number of fused-ring (bicyclic) bond motifs is 1. The summed E-state index contributed by atoms with van der Waals surface area (Å²) in [4.78, 5) is 32.4. The van der Waals surface area contributed by atoms with E-state index in [1.807, 2.05) is 38.1 Å². The van der Waals surface area contributed by atoms with Crippen molar-refractivity contribution in [2.75, 3.05) is 5.32 Å². The zero-order valence-corrected chi connectivity index (χ0v) is 16.4. The Balaban J connectivity index is 1.81. The molecular formula is C23H18N4O3. The standard InChI is InChI=1S/C23H18N4O3/c1-14-11-15(2)22-19(12-14)20(13-21(26-22)16-7-9-24-10-8-16)23(28)25-17-3-5-18(6-4-17)27(29)30/h3-13H,1-2H3,(H,25,28). The molecule has 1 N–H and O–H groups in total. The summed E-state index contributed by atoms with van der Waals surface area (Å²) in [6.45, 7) is 3.94. The van der Waals surface area contributed by atoms with Crippen LogP contribution in [0.2, 0.25) is 0 Å². The molecule has 7 heteroatoms. The lowest BCUT2D eigenvalue weighted by atomic mass is 9.99. The topological polar surface area (TPSA) is 98.0 Å². The number of aromatic nitrogens is 2. The predicted octanol–water partition coefficient (Wildman–Crippen LogP) is 5.07. The molecule has 0 aliphatic carbocycles. The molecule has 148 valence electrons. The molecule has 1 amide bonds. The number of rotatable bonds is 4. The molecule has 0 saturated heterocycles. The molecule has 4 aromatic rings. The van der Waals surface area contributed by atoms with Crippen LogP contribution in [0, 0.1) is 24.0 Å². The molecule has 0 radical (unpaired) electrons. The van der Waals surface area contributed by atoms with Crippen molar-refractivity contribution in [3.8, 4) is 11.3 Å². The second kappa shape index (κ2) is 7.71. The molecule has 0 unspecified atom stereocenters. The molecule has 4 rings (SSSR count). The zero-order chi connectivity index (χ0) is 21.3. The summed E-state index contributed by atoms with van der Waals surface area (Å²) in [5, 5.41) is 14.4. The first-order valence-electron chi connectivity index (χ1n) is 9.30. The normalized spacial score (nSPS) is 10.7. The fraction of sp³-hybridized carbons (Fsp3) is 0.0870. The Morgan fingerprint density at radius 1 is 1.00 bits per heavy atom. The third-order valence-electron chi connectivity index (χ3n) is 4.81. The molecule has 2 aromatic carbocycles. The number of hydrogen-bond donors (Lipinski definition) is 1. The van der Waals surface area contributed by atoms with E-state index in [1.165, 1.54) is 24.3 Å². The number of nitro groups is 1. The SMILES string of the molecule is Cc1cc(C)c2nc(-c3ccncc3)cc(C(=O)Nc3ccc([N+](=O)[O-])cc3)c2c1. The van der Waals surface area contributed by atoms with Gasteiger partial charge in [0.2, 0.25) is 0 Å². The highest BCUT2D eigenvalue weighted by Crippen LogP contribution is 2.28. The Morgan fingerprint density at radius 3 is 2.37 bits per heavy atom. The monoisotopic (exact) mass is 398 g/mol. The highest BCUT2D eigenvalue weighted by atomic mass is 16.6. The smallest absolute Gasteiger partial charge is 0.269 e. The highest BCUT2D eigenvalue weighted by Gasteiger charge is 2.16. The molecule has 0 bridgehead atoms. The number of hydrogen-bond acceptors (Lipinski definition) is 5. The Bertz CT molecular complexity index is 1270.